The van der Waals surface area contributed by atoms with Gasteiger partial charge >= 0.3 is 0 Å². The molecule has 0 unspecified atom stereocenters. The lowest BCUT2D eigenvalue weighted by Gasteiger charge is -2.30. The minimum Gasteiger partial charge on any atom is -0.493 e. The third kappa shape index (κ3) is 6.46. The summed E-state index contributed by atoms with van der Waals surface area (Å²) in [7, 11) is -1.80. The first kappa shape index (κ1) is 24.1. The van der Waals surface area contributed by atoms with Crippen LogP contribution >= 0.6 is 0 Å². The van der Waals surface area contributed by atoms with E-state index in [0.29, 0.717) is 44.0 Å². The molecule has 1 fully saturated rings. The van der Waals surface area contributed by atoms with E-state index in [1.165, 1.54) is 4.31 Å². The molecule has 0 radical (unpaired) electrons. The monoisotopic (exact) mass is 460 g/mol. The van der Waals surface area contributed by atoms with Crippen LogP contribution in [-0.4, -0.2) is 44.9 Å². The van der Waals surface area contributed by atoms with E-state index in [1.807, 2.05) is 62.4 Å². The second-order valence-corrected chi connectivity index (χ2v) is 10.3. The number of nitrogens with zero attached hydrogens (tertiary/aromatic N) is 1. The average Bonchev–Trinajstić information content (AvgIpc) is 2.78. The number of piperidine rings is 1. The zero-order chi connectivity index (χ0) is 23.1. The smallest absolute Gasteiger partial charge is 0.223 e. The number of carbonyl (C=O) groups excluding carboxylic acids is 1. The van der Waals surface area contributed by atoms with Gasteiger partial charge in [-0.05, 0) is 49.9 Å². The molecule has 1 amide bonds. The minimum atomic E-state index is -3.39. The topological polar surface area (TPSA) is 84.9 Å². The number of hydrogen-bond donors (Lipinski definition) is 1. The van der Waals surface area contributed by atoms with E-state index in [2.05, 4.69) is 5.32 Å². The quantitative estimate of drug-likeness (QED) is 0.620. The second-order valence-electron chi connectivity index (χ2n) is 8.28. The Kier molecular flexibility index (Phi) is 8.15. The van der Waals surface area contributed by atoms with Crippen LogP contribution in [0.25, 0.3) is 0 Å². The summed E-state index contributed by atoms with van der Waals surface area (Å²) < 4.78 is 38.0. The Morgan fingerprint density at radius 3 is 2.38 bits per heavy atom. The third-order valence-corrected chi connectivity index (χ3v) is 7.32. The van der Waals surface area contributed by atoms with Gasteiger partial charge < -0.3 is 14.8 Å². The summed E-state index contributed by atoms with van der Waals surface area (Å²) in [5, 5.41) is 2.97. The van der Waals surface area contributed by atoms with Gasteiger partial charge in [0.2, 0.25) is 15.9 Å². The Labute approximate surface area is 190 Å². The molecule has 0 saturated carbocycles. The highest BCUT2D eigenvalue weighted by molar-refractivity contribution is 7.88. The van der Waals surface area contributed by atoms with Crippen molar-refractivity contribution >= 4 is 15.9 Å². The summed E-state index contributed by atoms with van der Waals surface area (Å²) in [6.07, 6.45) is 1.08. The molecular weight excluding hydrogens is 428 g/mol. The molecule has 7 nitrogen and oxygen atoms in total. The van der Waals surface area contributed by atoms with E-state index in [1.54, 1.807) is 7.11 Å². The highest BCUT2D eigenvalue weighted by Gasteiger charge is 2.31. The number of carbonyl (C=O) groups is 1. The van der Waals surface area contributed by atoms with Crippen molar-refractivity contribution in [3.63, 3.8) is 0 Å². The Morgan fingerprint density at radius 1 is 1.06 bits per heavy atom. The number of benzene rings is 2. The van der Waals surface area contributed by atoms with E-state index in [9.17, 15) is 13.2 Å². The van der Waals surface area contributed by atoms with Crippen molar-refractivity contribution in [3.05, 3.63) is 59.7 Å². The van der Waals surface area contributed by atoms with Crippen LogP contribution in [0, 0.1) is 5.92 Å². The van der Waals surface area contributed by atoms with Crippen molar-refractivity contribution in [1.29, 1.82) is 0 Å². The normalized spacial score (nSPS) is 15.5. The molecule has 0 atom stereocenters. The lowest BCUT2D eigenvalue weighted by atomic mass is 9.97. The molecule has 3 rings (SSSR count). The number of amides is 1. The molecule has 0 aliphatic carbocycles. The highest BCUT2D eigenvalue weighted by Crippen LogP contribution is 2.29. The van der Waals surface area contributed by atoms with Crippen LogP contribution in [0.4, 0.5) is 0 Å². The van der Waals surface area contributed by atoms with Crippen molar-refractivity contribution in [2.24, 2.45) is 5.92 Å². The SMILES string of the molecule is COc1cc(CNC(=O)C2CCN(S(=O)(=O)Cc3ccccc3)CC2)ccc1OC(C)C. The van der Waals surface area contributed by atoms with Crippen LogP contribution in [0.3, 0.4) is 0 Å². The van der Waals surface area contributed by atoms with Crippen molar-refractivity contribution in [2.45, 2.75) is 45.1 Å². The van der Waals surface area contributed by atoms with Crippen LogP contribution in [0.5, 0.6) is 11.5 Å². The molecule has 8 heteroatoms. The van der Waals surface area contributed by atoms with Gasteiger partial charge in [-0.15, -0.1) is 0 Å². The van der Waals surface area contributed by atoms with Crippen molar-refractivity contribution < 1.29 is 22.7 Å². The Hall–Kier alpha value is -2.58. The lowest BCUT2D eigenvalue weighted by molar-refractivity contribution is -0.126. The van der Waals surface area contributed by atoms with Crippen molar-refractivity contribution in [2.75, 3.05) is 20.2 Å². The first-order valence-corrected chi connectivity index (χ1v) is 12.5. The predicted octanol–water partition coefficient (Wildman–Crippen LogP) is 3.34. The standard InChI is InChI=1S/C24H32N2O5S/c1-18(2)31-22-10-9-20(15-23(22)30-3)16-25-24(27)21-11-13-26(14-12-21)32(28,29)17-19-7-5-4-6-8-19/h4-10,15,18,21H,11-14,16-17H2,1-3H3,(H,25,27). The molecule has 1 heterocycles. The number of methoxy groups -OCH3 is 1. The van der Waals surface area contributed by atoms with E-state index >= 15 is 0 Å². The summed E-state index contributed by atoms with van der Waals surface area (Å²) in [5.74, 6) is 1.04. The maximum Gasteiger partial charge on any atom is 0.223 e. The summed E-state index contributed by atoms with van der Waals surface area (Å²) in [4.78, 5) is 12.7. The molecule has 1 aliphatic heterocycles. The third-order valence-electron chi connectivity index (χ3n) is 5.47. The minimum absolute atomic E-state index is 0.0109. The van der Waals surface area contributed by atoms with E-state index in [-0.39, 0.29) is 23.7 Å². The zero-order valence-electron chi connectivity index (χ0n) is 18.9. The van der Waals surface area contributed by atoms with E-state index in [4.69, 9.17) is 9.47 Å². The Balaban J connectivity index is 1.50. The fraction of sp³-hybridized carbons (Fsp3) is 0.458. The van der Waals surface area contributed by atoms with Crippen molar-refractivity contribution in [3.8, 4) is 11.5 Å². The number of nitrogens with one attached hydrogen (secondary N) is 1. The van der Waals surface area contributed by atoms with Gasteiger partial charge in [0.1, 0.15) is 0 Å². The van der Waals surface area contributed by atoms with Gasteiger partial charge in [0.15, 0.2) is 11.5 Å². The lowest BCUT2D eigenvalue weighted by Crippen LogP contribution is -2.43. The first-order chi connectivity index (χ1) is 15.3. The molecule has 1 saturated heterocycles. The summed E-state index contributed by atoms with van der Waals surface area (Å²) in [5.41, 5.74) is 1.68. The molecule has 2 aromatic carbocycles. The first-order valence-electron chi connectivity index (χ1n) is 10.9. The highest BCUT2D eigenvalue weighted by atomic mass is 32.2. The molecule has 2 aromatic rings. The molecule has 32 heavy (non-hydrogen) atoms. The van der Waals surface area contributed by atoms with Gasteiger partial charge in [0.05, 0.1) is 19.0 Å². The van der Waals surface area contributed by atoms with Crippen LogP contribution in [-0.2, 0) is 27.1 Å². The molecule has 0 spiro atoms. The van der Waals surface area contributed by atoms with Crippen LogP contribution in [0.15, 0.2) is 48.5 Å². The average molecular weight is 461 g/mol. The number of sulfonamides is 1. The van der Waals surface area contributed by atoms with E-state index < -0.39 is 10.0 Å². The fourth-order valence-corrected chi connectivity index (χ4v) is 5.34. The molecular formula is C24H32N2O5S. The van der Waals surface area contributed by atoms with Crippen molar-refractivity contribution in [1.82, 2.24) is 9.62 Å². The van der Waals surface area contributed by atoms with Gasteiger partial charge in [0, 0.05) is 25.6 Å². The molecule has 1 N–H and O–H groups in total. The van der Waals surface area contributed by atoms with Crippen LogP contribution < -0.4 is 14.8 Å². The maximum absolute atomic E-state index is 12.7. The molecule has 174 valence electrons. The summed E-state index contributed by atoms with van der Waals surface area (Å²) in [6.45, 7) is 5.01. The Bertz CT molecular complexity index is 1000. The van der Waals surface area contributed by atoms with E-state index in [0.717, 1.165) is 11.1 Å². The van der Waals surface area contributed by atoms with Gasteiger partial charge in [-0.3, -0.25) is 4.79 Å². The fourth-order valence-electron chi connectivity index (χ4n) is 3.78. The summed E-state index contributed by atoms with van der Waals surface area (Å²) >= 11 is 0. The predicted molar refractivity (Wildman–Crippen MR) is 124 cm³/mol. The molecule has 0 aromatic heterocycles. The largest absolute Gasteiger partial charge is 0.493 e. The maximum atomic E-state index is 12.7. The van der Waals surface area contributed by atoms with Gasteiger partial charge in [-0.25, -0.2) is 12.7 Å². The second kappa shape index (κ2) is 10.8. The van der Waals surface area contributed by atoms with Gasteiger partial charge in [-0.2, -0.15) is 0 Å². The Morgan fingerprint density at radius 2 is 1.75 bits per heavy atom. The number of rotatable bonds is 9. The van der Waals surface area contributed by atoms with Crippen LogP contribution in [0.2, 0.25) is 0 Å². The van der Waals surface area contributed by atoms with Crippen LogP contribution in [0.1, 0.15) is 37.8 Å². The molecule has 1 aliphatic rings. The van der Waals surface area contributed by atoms with Gasteiger partial charge in [0.25, 0.3) is 0 Å². The number of hydrogen-bond acceptors (Lipinski definition) is 5. The number of ether oxygens (including phenoxy) is 2. The summed E-state index contributed by atoms with van der Waals surface area (Å²) in [6, 6.07) is 14.8. The van der Waals surface area contributed by atoms with Gasteiger partial charge in [-0.1, -0.05) is 36.4 Å². The molecule has 0 bridgehead atoms. The zero-order valence-corrected chi connectivity index (χ0v) is 19.7.